The van der Waals surface area contributed by atoms with Crippen molar-refractivity contribution >= 4 is 11.7 Å². The van der Waals surface area contributed by atoms with Crippen molar-refractivity contribution in [2.75, 3.05) is 25.5 Å². The van der Waals surface area contributed by atoms with Crippen molar-refractivity contribution in [2.45, 2.75) is 12.8 Å². The number of nitrogens with two attached hydrogens (primary N) is 1. The topological polar surface area (TPSA) is 77.2 Å². The first kappa shape index (κ1) is 11.9. The Bertz CT molecular complexity index is 372. The van der Waals surface area contributed by atoms with E-state index in [1.165, 1.54) is 6.20 Å². The van der Waals surface area contributed by atoms with Crippen LogP contribution in [0.5, 0.6) is 0 Å². The SMILES string of the molecule is Nc1ccc(C(=O)NCC2CCOCC2)cn1. The smallest absolute Gasteiger partial charge is 0.252 e. The van der Waals surface area contributed by atoms with Crippen LogP contribution in [-0.2, 0) is 4.74 Å². The molecule has 0 bridgehead atoms. The Morgan fingerprint density at radius 3 is 2.88 bits per heavy atom. The van der Waals surface area contributed by atoms with Crippen LogP contribution in [0.2, 0.25) is 0 Å². The van der Waals surface area contributed by atoms with Gasteiger partial charge in [0.05, 0.1) is 5.56 Å². The van der Waals surface area contributed by atoms with Crippen LogP contribution in [-0.4, -0.2) is 30.6 Å². The number of carbonyl (C=O) groups excluding carboxylic acids is 1. The molecule has 1 aromatic heterocycles. The number of hydrogen-bond donors (Lipinski definition) is 2. The van der Waals surface area contributed by atoms with Crippen molar-refractivity contribution in [2.24, 2.45) is 5.92 Å². The third-order valence-corrected chi connectivity index (χ3v) is 2.94. The number of nitrogens with zero attached hydrogens (tertiary/aromatic N) is 1. The van der Waals surface area contributed by atoms with Gasteiger partial charge in [-0.2, -0.15) is 0 Å². The lowest BCUT2D eigenvalue weighted by atomic mass is 10.0. The van der Waals surface area contributed by atoms with Gasteiger partial charge in [-0.3, -0.25) is 4.79 Å². The zero-order valence-corrected chi connectivity index (χ0v) is 9.69. The van der Waals surface area contributed by atoms with E-state index in [1.807, 2.05) is 0 Å². The summed E-state index contributed by atoms with van der Waals surface area (Å²) >= 11 is 0. The molecule has 1 aromatic rings. The van der Waals surface area contributed by atoms with Crippen molar-refractivity contribution in [3.05, 3.63) is 23.9 Å². The van der Waals surface area contributed by atoms with E-state index < -0.39 is 0 Å². The van der Waals surface area contributed by atoms with Gasteiger partial charge in [0.25, 0.3) is 5.91 Å². The summed E-state index contributed by atoms with van der Waals surface area (Å²) in [4.78, 5) is 15.7. The van der Waals surface area contributed by atoms with Gasteiger partial charge in [0.15, 0.2) is 0 Å². The van der Waals surface area contributed by atoms with Crippen molar-refractivity contribution in [3.8, 4) is 0 Å². The summed E-state index contributed by atoms with van der Waals surface area (Å²) in [6, 6.07) is 3.31. The molecule has 1 aliphatic heterocycles. The standard InChI is InChI=1S/C12H17N3O2/c13-11-2-1-10(8-14-11)12(16)15-7-9-3-5-17-6-4-9/h1-2,8-9H,3-7H2,(H2,13,14)(H,15,16). The van der Waals surface area contributed by atoms with Gasteiger partial charge in [-0.15, -0.1) is 0 Å². The number of amides is 1. The first-order chi connectivity index (χ1) is 8.25. The maximum atomic E-state index is 11.8. The van der Waals surface area contributed by atoms with Crippen LogP contribution in [0.4, 0.5) is 5.82 Å². The highest BCUT2D eigenvalue weighted by molar-refractivity contribution is 5.93. The van der Waals surface area contributed by atoms with E-state index in [4.69, 9.17) is 10.5 Å². The number of anilines is 1. The maximum Gasteiger partial charge on any atom is 0.252 e. The largest absolute Gasteiger partial charge is 0.384 e. The second kappa shape index (κ2) is 5.63. The van der Waals surface area contributed by atoms with Crippen LogP contribution < -0.4 is 11.1 Å². The fourth-order valence-electron chi connectivity index (χ4n) is 1.83. The van der Waals surface area contributed by atoms with Crippen LogP contribution in [0, 0.1) is 5.92 Å². The predicted molar refractivity (Wildman–Crippen MR) is 64.5 cm³/mol. The van der Waals surface area contributed by atoms with Crippen LogP contribution in [0.25, 0.3) is 0 Å². The van der Waals surface area contributed by atoms with Crippen molar-refractivity contribution in [3.63, 3.8) is 0 Å². The molecule has 1 fully saturated rings. The minimum Gasteiger partial charge on any atom is -0.384 e. The minimum atomic E-state index is -0.0935. The number of aromatic nitrogens is 1. The second-order valence-corrected chi connectivity index (χ2v) is 4.24. The van der Waals surface area contributed by atoms with E-state index in [0.717, 1.165) is 26.1 Å². The maximum absolute atomic E-state index is 11.8. The van der Waals surface area contributed by atoms with Crippen molar-refractivity contribution in [1.29, 1.82) is 0 Å². The van der Waals surface area contributed by atoms with E-state index in [1.54, 1.807) is 12.1 Å². The Labute approximate surface area is 100 Å². The third kappa shape index (κ3) is 3.42. The molecular formula is C12H17N3O2. The van der Waals surface area contributed by atoms with Crippen molar-refractivity contribution < 1.29 is 9.53 Å². The van der Waals surface area contributed by atoms with E-state index in [0.29, 0.717) is 23.8 Å². The first-order valence-corrected chi connectivity index (χ1v) is 5.83. The lowest BCUT2D eigenvalue weighted by molar-refractivity contribution is 0.0642. The predicted octanol–water partition coefficient (Wildman–Crippen LogP) is 0.820. The Morgan fingerprint density at radius 2 is 2.24 bits per heavy atom. The van der Waals surface area contributed by atoms with Gasteiger partial charge in [-0.05, 0) is 30.9 Å². The van der Waals surface area contributed by atoms with Crippen LogP contribution >= 0.6 is 0 Å². The summed E-state index contributed by atoms with van der Waals surface area (Å²) in [5.74, 6) is 0.851. The molecule has 0 atom stereocenters. The lowest BCUT2D eigenvalue weighted by Crippen LogP contribution is -2.32. The molecule has 0 saturated carbocycles. The fraction of sp³-hybridized carbons (Fsp3) is 0.500. The number of rotatable bonds is 3. The zero-order chi connectivity index (χ0) is 12.1. The highest BCUT2D eigenvalue weighted by Gasteiger charge is 2.15. The van der Waals surface area contributed by atoms with Gasteiger partial charge >= 0.3 is 0 Å². The molecule has 2 heterocycles. The van der Waals surface area contributed by atoms with E-state index in [2.05, 4.69) is 10.3 Å². The molecule has 1 amide bonds. The molecule has 0 aromatic carbocycles. The molecule has 0 aliphatic carbocycles. The average Bonchev–Trinajstić information content (AvgIpc) is 2.38. The number of nitrogen functional groups attached to an aromatic ring is 1. The zero-order valence-electron chi connectivity index (χ0n) is 9.69. The highest BCUT2D eigenvalue weighted by Crippen LogP contribution is 2.13. The number of ether oxygens (including phenoxy) is 1. The number of pyridine rings is 1. The molecule has 0 spiro atoms. The van der Waals surface area contributed by atoms with Gasteiger partial charge in [-0.1, -0.05) is 0 Å². The van der Waals surface area contributed by atoms with E-state index in [-0.39, 0.29) is 5.91 Å². The monoisotopic (exact) mass is 235 g/mol. The average molecular weight is 235 g/mol. The molecular weight excluding hydrogens is 218 g/mol. The van der Waals surface area contributed by atoms with Crippen LogP contribution in [0.3, 0.4) is 0 Å². The Balaban J connectivity index is 1.82. The summed E-state index contributed by atoms with van der Waals surface area (Å²) in [6.07, 6.45) is 3.52. The fourth-order valence-corrected chi connectivity index (χ4v) is 1.83. The first-order valence-electron chi connectivity index (χ1n) is 5.83. The molecule has 3 N–H and O–H groups in total. The molecule has 5 heteroatoms. The Hall–Kier alpha value is -1.62. The third-order valence-electron chi connectivity index (χ3n) is 2.94. The molecule has 5 nitrogen and oxygen atoms in total. The van der Waals surface area contributed by atoms with Gasteiger partial charge in [0.2, 0.25) is 0 Å². The van der Waals surface area contributed by atoms with Crippen LogP contribution in [0.15, 0.2) is 18.3 Å². The molecule has 17 heavy (non-hydrogen) atoms. The molecule has 1 aliphatic rings. The molecule has 2 rings (SSSR count). The highest BCUT2D eigenvalue weighted by atomic mass is 16.5. The summed E-state index contributed by atoms with van der Waals surface area (Å²) in [5.41, 5.74) is 6.01. The minimum absolute atomic E-state index is 0.0935. The Kier molecular flexibility index (Phi) is 3.93. The summed E-state index contributed by atoms with van der Waals surface area (Å²) in [7, 11) is 0. The van der Waals surface area contributed by atoms with Gasteiger partial charge in [-0.25, -0.2) is 4.98 Å². The molecule has 0 radical (unpaired) electrons. The molecule has 0 unspecified atom stereocenters. The van der Waals surface area contributed by atoms with Crippen LogP contribution in [0.1, 0.15) is 23.2 Å². The quantitative estimate of drug-likeness (QED) is 0.813. The van der Waals surface area contributed by atoms with Gasteiger partial charge in [0, 0.05) is 26.0 Å². The molecule has 1 saturated heterocycles. The van der Waals surface area contributed by atoms with E-state index in [9.17, 15) is 4.79 Å². The summed E-state index contributed by atoms with van der Waals surface area (Å²) in [6.45, 7) is 2.29. The lowest BCUT2D eigenvalue weighted by Gasteiger charge is -2.22. The van der Waals surface area contributed by atoms with Crippen molar-refractivity contribution in [1.82, 2.24) is 10.3 Å². The summed E-state index contributed by atoms with van der Waals surface area (Å²) < 4.78 is 5.27. The van der Waals surface area contributed by atoms with Gasteiger partial charge in [0.1, 0.15) is 5.82 Å². The van der Waals surface area contributed by atoms with E-state index >= 15 is 0 Å². The normalized spacial score (nSPS) is 16.7. The number of carbonyl (C=O) groups is 1. The van der Waals surface area contributed by atoms with Gasteiger partial charge < -0.3 is 15.8 Å². The number of hydrogen-bond acceptors (Lipinski definition) is 4. The molecule has 92 valence electrons. The summed E-state index contributed by atoms with van der Waals surface area (Å²) in [5, 5.41) is 2.91. The second-order valence-electron chi connectivity index (χ2n) is 4.24. The number of nitrogens with one attached hydrogen (secondary N) is 1. The Morgan fingerprint density at radius 1 is 1.47 bits per heavy atom.